The van der Waals surface area contributed by atoms with Crippen LogP contribution in [0, 0.1) is 16.7 Å². The first kappa shape index (κ1) is 18.2. The highest BCUT2D eigenvalue weighted by molar-refractivity contribution is 5.29. The summed E-state index contributed by atoms with van der Waals surface area (Å²) in [5.74, 6) is 0.649. The molecule has 0 aliphatic carbocycles. The summed E-state index contributed by atoms with van der Waals surface area (Å²) >= 11 is 0. The van der Waals surface area contributed by atoms with E-state index in [1.54, 1.807) is 0 Å². The van der Waals surface area contributed by atoms with Crippen LogP contribution >= 0.6 is 0 Å². The van der Waals surface area contributed by atoms with Gasteiger partial charge in [0.15, 0.2) is 0 Å². The van der Waals surface area contributed by atoms with Crippen LogP contribution in [0.1, 0.15) is 68.2 Å². The second-order valence-corrected chi connectivity index (χ2v) is 6.74. The largest absolute Gasteiger partial charge is 0.0953 e. The van der Waals surface area contributed by atoms with Crippen molar-refractivity contribution in [3.63, 3.8) is 0 Å². The van der Waals surface area contributed by atoms with E-state index in [1.165, 1.54) is 17.6 Å². The van der Waals surface area contributed by atoms with E-state index in [4.69, 9.17) is 0 Å². The maximum atomic E-state index is 4.37. The van der Waals surface area contributed by atoms with E-state index >= 15 is 0 Å². The smallest absolute Gasteiger partial charge is 0.00277 e. The van der Waals surface area contributed by atoms with Gasteiger partial charge >= 0.3 is 0 Å². The number of hydrogen-bond acceptors (Lipinski definition) is 0. The minimum Gasteiger partial charge on any atom is -0.0953 e. The highest BCUT2D eigenvalue weighted by Crippen LogP contribution is 2.53. The van der Waals surface area contributed by atoms with Crippen molar-refractivity contribution in [1.82, 2.24) is 0 Å². The highest BCUT2D eigenvalue weighted by Gasteiger charge is 2.44. The van der Waals surface area contributed by atoms with Gasteiger partial charge in [-0.05, 0) is 49.0 Å². The quantitative estimate of drug-likeness (QED) is 0.456. The minimum atomic E-state index is 0.155. The van der Waals surface area contributed by atoms with E-state index in [0.717, 1.165) is 6.42 Å². The van der Waals surface area contributed by atoms with Crippen molar-refractivity contribution in [3.05, 3.63) is 36.0 Å². The predicted octanol–water partition coefficient (Wildman–Crippen LogP) is 6.55. The second kappa shape index (κ2) is 7.12. The molecule has 0 N–H and O–H groups in total. The van der Waals surface area contributed by atoms with E-state index in [2.05, 4.69) is 80.2 Å². The topological polar surface area (TPSA) is 0 Å². The average Bonchev–Trinajstić information content (AvgIpc) is 2.35. The van der Waals surface area contributed by atoms with Crippen LogP contribution in [0.5, 0.6) is 0 Å². The Morgan fingerprint density at radius 1 is 1.11 bits per heavy atom. The van der Waals surface area contributed by atoms with Gasteiger partial charge in [0.2, 0.25) is 0 Å². The monoisotopic (exact) mass is 262 g/mol. The lowest BCUT2D eigenvalue weighted by Gasteiger charge is -2.50. The van der Waals surface area contributed by atoms with Crippen molar-refractivity contribution in [2.24, 2.45) is 16.7 Å². The molecule has 0 rings (SSSR count). The first-order valence-electron chi connectivity index (χ1n) is 7.66. The van der Waals surface area contributed by atoms with Crippen LogP contribution in [-0.2, 0) is 0 Å². The van der Waals surface area contributed by atoms with Crippen LogP contribution < -0.4 is 0 Å². The molecular formula is C19H34. The van der Waals surface area contributed by atoms with Gasteiger partial charge in [0.25, 0.3) is 0 Å². The summed E-state index contributed by atoms with van der Waals surface area (Å²) in [7, 11) is 0. The Bertz CT molecular complexity index is 352. The van der Waals surface area contributed by atoms with E-state index in [9.17, 15) is 0 Å². The molecule has 0 nitrogen and oxygen atoms in total. The molecule has 0 aromatic carbocycles. The van der Waals surface area contributed by atoms with E-state index < -0.39 is 0 Å². The molecule has 0 aliphatic heterocycles. The zero-order valence-corrected chi connectivity index (χ0v) is 14.4. The molecule has 0 amide bonds. The summed E-state index contributed by atoms with van der Waals surface area (Å²) in [6, 6.07) is 0. The summed E-state index contributed by atoms with van der Waals surface area (Å²) in [6.07, 6.45) is 8.81. The Labute approximate surface area is 121 Å². The molecule has 0 heterocycles. The summed E-state index contributed by atoms with van der Waals surface area (Å²) in [4.78, 5) is 0. The average molecular weight is 262 g/mol. The van der Waals surface area contributed by atoms with Crippen molar-refractivity contribution >= 4 is 0 Å². The molecule has 0 bridgehead atoms. The fourth-order valence-electron chi connectivity index (χ4n) is 2.97. The predicted molar refractivity (Wildman–Crippen MR) is 89.3 cm³/mol. The lowest BCUT2D eigenvalue weighted by atomic mass is 9.54. The Morgan fingerprint density at radius 3 is 1.95 bits per heavy atom. The maximum Gasteiger partial charge on any atom is -0.00277 e. The van der Waals surface area contributed by atoms with E-state index in [1.807, 2.05) is 0 Å². The van der Waals surface area contributed by atoms with Crippen LogP contribution in [0.2, 0.25) is 0 Å². The first-order valence-corrected chi connectivity index (χ1v) is 7.66. The van der Waals surface area contributed by atoms with Crippen LogP contribution in [0.25, 0.3) is 0 Å². The molecule has 0 saturated carbocycles. The molecule has 110 valence electrons. The third-order valence-corrected chi connectivity index (χ3v) is 5.41. The second-order valence-electron chi connectivity index (χ2n) is 6.74. The fourth-order valence-corrected chi connectivity index (χ4v) is 2.97. The molecule has 0 spiro atoms. The number of rotatable bonds is 7. The van der Waals surface area contributed by atoms with Gasteiger partial charge in [0.1, 0.15) is 0 Å². The van der Waals surface area contributed by atoms with Crippen molar-refractivity contribution in [1.29, 1.82) is 0 Å². The van der Waals surface area contributed by atoms with Gasteiger partial charge < -0.3 is 0 Å². The van der Waals surface area contributed by atoms with Gasteiger partial charge in [0.05, 0.1) is 0 Å². The Balaban J connectivity index is 5.42. The Kier molecular flexibility index (Phi) is 6.83. The molecule has 0 aromatic heterocycles. The van der Waals surface area contributed by atoms with Crippen LogP contribution in [-0.4, -0.2) is 0 Å². The van der Waals surface area contributed by atoms with Crippen molar-refractivity contribution < 1.29 is 0 Å². The van der Waals surface area contributed by atoms with Crippen LogP contribution in [0.4, 0.5) is 0 Å². The molecule has 2 unspecified atom stereocenters. The van der Waals surface area contributed by atoms with Crippen LogP contribution in [0.3, 0.4) is 0 Å². The van der Waals surface area contributed by atoms with Gasteiger partial charge in [-0.15, -0.1) is 0 Å². The summed E-state index contributed by atoms with van der Waals surface area (Å²) in [6.45, 7) is 22.7. The van der Waals surface area contributed by atoms with Crippen LogP contribution in [0.15, 0.2) is 36.0 Å². The Hall–Kier alpha value is -0.780. The molecule has 0 aromatic rings. The SMILES string of the molecule is C=C(/C=C\C=C(C)C)C(C)(CC)C(C)(CC)C(C)C. The molecule has 0 saturated heterocycles. The summed E-state index contributed by atoms with van der Waals surface area (Å²) < 4.78 is 0. The molecule has 0 radical (unpaired) electrons. The molecule has 0 aliphatic rings. The lowest BCUT2D eigenvalue weighted by Crippen LogP contribution is -2.41. The van der Waals surface area contributed by atoms with Crippen molar-refractivity contribution in [2.75, 3.05) is 0 Å². The summed E-state index contributed by atoms with van der Waals surface area (Å²) in [5.41, 5.74) is 3.02. The molecule has 0 heteroatoms. The van der Waals surface area contributed by atoms with Gasteiger partial charge in [-0.3, -0.25) is 0 Å². The van der Waals surface area contributed by atoms with E-state index in [0.29, 0.717) is 5.92 Å². The maximum absolute atomic E-state index is 4.37. The standard InChI is InChI=1S/C19H34/c1-10-18(8,16(5)6)19(9,11-2)17(7)14-12-13-15(3)4/h12-14,16H,7,10-11H2,1-6,8-9H3/b14-12-. The number of hydrogen-bond donors (Lipinski definition) is 0. The zero-order chi connectivity index (χ0) is 15.3. The minimum absolute atomic E-state index is 0.155. The van der Waals surface area contributed by atoms with E-state index in [-0.39, 0.29) is 10.8 Å². The zero-order valence-electron chi connectivity index (χ0n) is 14.4. The van der Waals surface area contributed by atoms with Crippen molar-refractivity contribution in [3.8, 4) is 0 Å². The van der Waals surface area contributed by atoms with Gasteiger partial charge in [-0.1, -0.05) is 71.9 Å². The van der Waals surface area contributed by atoms with Gasteiger partial charge in [-0.25, -0.2) is 0 Å². The molecule has 0 fully saturated rings. The first-order chi connectivity index (χ1) is 8.65. The third kappa shape index (κ3) is 3.84. The lowest BCUT2D eigenvalue weighted by molar-refractivity contribution is 0.0459. The van der Waals surface area contributed by atoms with Gasteiger partial charge in [0, 0.05) is 0 Å². The Morgan fingerprint density at radius 2 is 1.63 bits per heavy atom. The highest BCUT2D eigenvalue weighted by atomic mass is 14.5. The molecular weight excluding hydrogens is 228 g/mol. The fraction of sp³-hybridized carbons (Fsp3) is 0.684. The van der Waals surface area contributed by atoms with Crippen molar-refractivity contribution in [2.45, 2.75) is 68.2 Å². The molecule has 2 atom stereocenters. The molecule has 19 heavy (non-hydrogen) atoms. The number of allylic oxidation sites excluding steroid dienone is 5. The normalized spacial score (nSPS) is 18.2. The van der Waals surface area contributed by atoms with Gasteiger partial charge in [-0.2, -0.15) is 0 Å². The third-order valence-electron chi connectivity index (χ3n) is 5.41. The summed E-state index contributed by atoms with van der Waals surface area (Å²) in [5, 5.41) is 0.